The summed E-state index contributed by atoms with van der Waals surface area (Å²) < 4.78 is 1.15. The van der Waals surface area contributed by atoms with Crippen molar-refractivity contribution in [3.05, 3.63) is 33.8 Å². The van der Waals surface area contributed by atoms with Gasteiger partial charge in [0.15, 0.2) is 0 Å². The zero-order valence-corrected chi connectivity index (χ0v) is 13.5. The Labute approximate surface area is 116 Å². The minimum atomic E-state index is -0.714. The molecule has 1 rings (SSSR count). The van der Waals surface area contributed by atoms with E-state index in [-0.39, 0.29) is 0 Å². The summed E-state index contributed by atoms with van der Waals surface area (Å²) in [7, 11) is -0.714. The van der Waals surface area contributed by atoms with Crippen LogP contribution >= 0.6 is 26.0 Å². The first-order chi connectivity index (χ1) is 8.08. The van der Waals surface area contributed by atoms with E-state index in [1.807, 2.05) is 0 Å². The molecule has 0 saturated carbocycles. The lowest BCUT2D eigenvalue weighted by Crippen LogP contribution is -2.05. The van der Waals surface area contributed by atoms with E-state index in [0.29, 0.717) is 0 Å². The van der Waals surface area contributed by atoms with E-state index in [1.165, 1.54) is 22.8 Å². The Morgan fingerprint density at radius 2 is 1.71 bits per heavy atom. The van der Waals surface area contributed by atoms with E-state index in [0.717, 1.165) is 10.0 Å². The summed E-state index contributed by atoms with van der Waals surface area (Å²) in [5.74, 6) is 7.03. The SMILES string of the molecule is CCS(C#Cc1cccc(Br)c1C)(CC)CC. The van der Waals surface area contributed by atoms with Gasteiger partial charge in [-0.25, -0.2) is 0 Å². The molecular formula is C15H21BrS. The molecule has 94 valence electrons. The van der Waals surface area contributed by atoms with Crippen LogP contribution in [-0.4, -0.2) is 17.3 Å². The standard InChI is InChI=1S/C15H21BrS/c1-5-17(6-2,7-3)12-11-14-9-8-10-15(16)13(14)4/h8-10H,5-7H2,1-4H3. The molecule has 0 aliphatic rings. The molecule has 1 aromatic rings. The summed E-state index contributed by atoms with van der Waals surface area (Å²) in [4.78, 5) is 0. The zero-order valence-electron chi connectivity index (χ0n) is 11.1. The van der Waals surface area contributed by atoms with E-state index < -0.39 is 10.0 Å². The maximum absolute atomic E-state index is 3.58. The van der Waals surface area contributed by atoms with Gasteiger partial charge >= 0.3 is 0 Å². The molecule has 0 aliphatic carbocycles. The second kappa shape index (κ2) is 6.52. The molecule has 1 aromatic carbocycles. The summed E-state index contributed by atoms with van der Waals surface area (Å²) in [6, 6.07) is 6.24. The van der Waals surface area contributed by atoms with Gasteiger partial charge in [-0.2, -0.15) is 10.0 Å². The van der Waals surface area contributed by atoms with E-state index in [9.17, 15) is 0 Å². The zero-order chi connectivity index (χ0) is 12.9. The molecule has 0 bridgehead atoms. The first-order valence-corrected chi connectivity index (χ1v) is 9.06. The summed E-state index contributed by atoms with van der Waals surface area (Å²) in [6.45, 7) is 8.93. The first-order valence-electron chi connectivity index (χ1n) is 6.12. The van der Waals surface area contributed by atoms with Crippen LogP contribution < -0.4 is 0 Å². The number of benzene rings is 1. The molecule has 0 aliphatic heterocycles. The summed E-state index contributed by atoms with van der Waals surface area (Å²) in [6.07, 6.45) is 0. The van der Waals surface area contributed by atoms with Gasteiger partial charge in [-0.15, -0.1) is 0 Å². The van der Waals surface area contributed by atoms with Crippen molar-refractivity contribution in [1.82, 2.24) is 0 Å². The summed E-state index contributed by atoms with van der Waals surface area (Å²) in [5.41, 5.74) is 2.41. The molecule has 0 saturated heterocycles. The third kappa shape index (κ3) is 3.53. The molecule has 0 radical (unpaired) electrons. The van der Waals surface area contributed by atoms with Gasteiger partial charge in [0.25, 0.3) is 0 Å². The monoisotopic (exact) mass is 312 g/mol. The normalized spacial score (nSPS) is 11.8. The van der Waals surface area contributed by atoms with Crippen molar-refractivity contribution in [2.45, 2.75) is 27.7 Å². The molecule has 0 nitrogen and oxygen atoms in total. The van der Waals surface area contributed by atoms with Crippen LogP contribution in [0.15, 0.2) is 22.7 Å². The molecule has 0 aromatic heterocycles. The largest absolute Gasteiger partial charge is 0.178 e. The smallest absolute Gasteiger partial charge is 0.0294 e. The molecule has 0 N–H and O–H groups in total. The van der Waals surface area contributed by atoms with Gasteiger partial charge in [0, 0.05) is 10.0 Å². The highest BCUT2D eigenvalue weighted by atomic mass is 79.9. The van der Waals surface area contributed by atoms with Crippen LogP contribution in [0, 0.1) is 18.1 Å². The van der Waals surface area contributed by atoms with E-state index in [1.54, 1.807) is 0 Å². The molecule has 0 spiro atoms. The average Bonchev–Trinajstić information content (AvgIpc) is 2.36. The van der Waals surface area contributed by atoms with Crippen LogP contribution in [-0.2, 0) is 0 Å². The molecular weight excluding hydrogens is 292 g/mol. The predicted octanol–water partition coefficient (Wildman–Crippen LogP) is 4.93. The first kappa shape index (κ1) is 14.7. The quantitative estimate of drug-likeness (QED) is 0.694. The average molecular weight is 313 g/mol. The van der Waals surface area contributed by atoms with Crippen molar-refractivity contribution in [3.8, 4) is 11.2 Å². The van der Waals surface area contributed by atoms with Gasteiger partial charge in [-0.3, -0.25) is 0 Å². The van der Waals surface area contributed by atoms with E-state index >= 15 is 0 Å². The Kier molecular flexibility index (Phi) is 5.62. The highest BCUT2D eigenvalue weighted by molar-refractivity contribution is 9.10. The second-order valence-corrected chi connectivity index (χ2v) is 8.93. The molecule has 0 amide bonds. The fourth-order valence-electron chi connectivity index (χ4n) is 1.73. The van der Waals surface area contributed by atoms with Gasteiger partial charge in [0.1, 0.15) is 0 Å². The van der Waals surface area contributed by atoms with Gasteiger partial charge < -0.3 is 0 Å². The Morgan fingerprint density at radius 3 is 2.24 bits per heavy atom. The van der Waals surface area contributed by atoms with E-state index in [2.05, 4.69) is 73.0 Å². The Balaban J connectivity index is 3.09. The predicted molar refractivity (Wildman–Crippen MR) is 85.0 cm³/mol. The maximum atomic E-state index is 3.58. The van der Waals surface area contributed by atoms with Crippen LogP contribution in [0.2, 0.25) is 0 Å². The van der Waals surface area contributed by atoms with Gasteiger partial charge in [-0.1, -0.05) is 48.7 Å². The van der Waals surface area contributed by atoms with Crippen LogP contribution in [0.1, 0.15) is 31.9 Å². The molecule has 0 unspecified atom stereocenters. The van der Waals surface area contributed by atoms with Gasteiger partial charge in [0.2, 0.25) is 0 Å². The van der Waals surface area contributed by atoms with Crippen LogP contribution in [0.5, 0.6) is 0 Å². The van der Waals surface area contributed by atoms with Crippen molar-refractivity contribution in [2.24, 2.45) is 0 Å². The molecule has 17 heavy (non-hydrogen) atoms. The van der Waals surface area contributed by atoms with Gasteiger partial charge in [0.05, 0.1) is 0 Å². The Bertz CT molecular complexity index is 428. The molecule has 0 heterocycles. The fourth-order valence-corrected chi connectivity index (χ4v) is 4.09. The lowest BCUT2D eigenvalue weighted by Gasteiger charge is -2.30. The lowest BCUT2D eigenvalue weighted by atomic mass is 10.1. The highest BCUT2D eigenvalue weighted by Crippen LogP contribution is 2.45. The third-order valence-electron chi connectivity index (χ3n) is 3.33. The maximum Gasteiger partial charge on any atom is 0.0294 e. The molecule has 0 atom stereocenters. The fraction of sp³-hybridized carbons (Fsp3) is 0.467. The lowest BCUT2D eigenvalue weighted by molar-refractivity contribution is 1.36. The summed E-state index contributed by atoms with van der Waals surface area (Å²) in [5, 5.41) is 3.58. The Morgan fingerprint density at radius 1 is 1.12 bits per heavy atom. The van der Waals surface area contributed by atoms with Crippen LogP contribution in [0.25, 0.3) is 0 Å². The second-order valence-electron chi connectivity index (χ2n) is 4.05. The number of hydrogen-bond donors (Lipinski definition) is 0. The van der Waals surface area contributed by atoms with Crippen LogP contribution in [0.3, 0.4) is 0 Å². The van der Waals surface area contributed by atoms with Crippen molar-refractivity contribution in [3.63, 3.8) is 0 Å². The Hall–Kier alpha value is -0.390. The van der Waals surface area contributed by atoms with Crippen molar-refractivity contribution >= 4 is 26.0 Å². The summed E-state index contributed by atoms with van der Waals surface area (Å²) >= 11 is 3.56. The molecule has 2 heteroatoms. The topological polar surface area (TPSA) is 0 Å². The van der Waals surface area contributed by atoms with Crippen molar-refractivity contribution < 1.29 is 0 Å². The minimum absolute atomic E-state index is 0.714. The van der Waals surface area contributed by atoms with Crippen LogP contribution in [0.4, 0.5) is 0 Å². The number of rotatable bonds is 3. The van der Waals surface area contributed by atoms with Gasteiger partial charge in [-0.05, 0) is 47.1 Å². The van der Waals surface area contributed by atoms with Crippen molar-refractivity contribution in [2.75, 3.05) is 17.3 Å². The number of hydrogen-bond acceptors (Lipinski definition) is 0. The minimum Gasteiger partial charge on any atom is -0.178 e. The highest BCUT2D eigenvalue weighted by Gasteiger charge is 2.13. The van der Waals surface area contributed by atoms with E-state index in [4.69, 9.17) is 0 Å². The molecule has 0 fully saturated rings. The third-order valence-corrected chi connectivity index (χ3v) is 8.04. The van der Waals surface area contributed by atoms with Crippen molar-refractivity contribution in [1.29, 1.82) is 0 Å². The number of halogens is 1.